The standard InChI is InChI=1S/C22H27ClFN5O2/c23-17-13-27-20(29-21(30)22(24)7-2-8-25-14-22)11-16(17)18-3-1-4-19(28-18)26-12-15-5-9-31-10-6-15/h1,3-4,11,13,15,25H,2,5-10,12,14H2,(H,26,28)(H,27,29,30)/t22-/m0/s1. The van der Waals surface area contributed by atoms with E-state index in [9.17, 15) is 9.18 Å². The third-order valence-corrected chi connectivity index (χ3v) is 6.07. The van der Waals surface area contributed by atoms with Gasteiger partial charge in [-0.05, 0) is 56.3 Å². The van der Waals surface area contributed by atoms with Crippen molar-refractivity contribution >= 4 is 29.1 Å². The van der Waals surface area contributed by atoms with Gasteiger partial charge in [0.05, 0.1) is 10.7 Å². The number of hydrogen-bond acceptors (Lipinski definition) is 6. The van der Waals surface area contributed by atoms with E-state index < -0.39 is 11.6 Å². The van der Waals surface area contributed by atoms with E-state index in [1.165, 1.54) is 6.20 Å². The molecule has 2 aliphatic heterocycles. The first-order valence-electron chi connectivity index (χ1n) is 10.7. The Morgan fingerprint density at radius 3 is 2.94 bits per heavy atom. The van der Waals surface area contributed by atoms with Crippen molar-refractivity contribution in [2.45, 2.75) is 31.4 Å². The van der Waals surface area contributed by atoms with Crippen LogP contribution < -0.4 is 16.0 Å². The Morgan fingerprint density at radius 1 is 1.32 bits per heavy atom. The highest BCUT2D eigenvalue weighted by molar-refractivity contribution is 6.33. The maximum atomic E-state index is 14.9. The lowest BCUT2D eigenvalue weighted by Crippen LogP contribution is -2.50. The third kappa shape index (κ3) is 5.50. The van der Waals surface area contributed by atoms with Crippen LogP contribution in [0.5, 0.6) is 0 Å². The molecule has 0 unspecified atom stereocenters. The van der Waals surface area contributed by atoms with Crippen LogP contribution in [-0.4, -0.2) is 54.4 Å². The zero-order valence-electron chi connectivity index (χ0n) is 17.3. The SMILES string of the molecule is O=C(Nc1cc(-c2cccc(NCC3CCOCC3)n2)c(Cl)cn1)[C@]1(F)CCCNC1. The number of nitrogens with zero attached hydrogens (tertiary/aromatic N) is 2. The van der Waals surface area contributed by atoms with Crippen molar-refractivity contribution in [3.63, 3.8) is 0 Å². The Morgan fingerprint density at radius 2 is 2.16 bits per heavy atom. The molecule has 0 radical (unpaired) electrons. The molecule has 4 rings (SSSR count). The molecule has 2 aliphatic rings. The highest BCUT2D eigenvalue weighted by atomic mass is 35.5. The zero-order chi connectivity index (χ0) is 21.7. The Balaban J connectivity index is 1.47. The molecular weight excluding hydrogens is 421 g/mol. The summed E-state index contributed by atoms with van der Waals surface area (Å²) >= 11 is 6.36. The van der Waals surface area contributed by atoms with Crippen LogP contribution in [0, 0.1) is 5.92 Å². The number of aromatic nitrogens is 2. The van der Waals surface area contributed by atoms with Crippen LogP contribution in [0.15, 0.2) is 30.5 Å². The quantitative estimate of drug-likeness (QED) is 0.626. The van der Waals surface area contributed by atoms with Gasteiger partial charge in [0.15, 0.2) is 0 Å². The highest BCUT2D eigenvalue weighted by Gasteiger charge is 2.40. The molecule has 4 heterocycles. The van der Waals surface area contributed by atoms with Crippen molar-refractivity contribution in [2.24, 2.45) is 5.92 Å². The molecule has 7 nitrogen and oxygen atoms in total. The lowest BCUT2D eigenvalue weighted by atomic mass is 9.95. The predicted molar refractivity (Wildman–Crippen MR) is 119 cm³/mol. The van der Waals surface area contributed by atoms with Gasteiger partial charge in [-0.15, -0.1) is 0 Å². The summed E-state index contributed by atoms with van der Waals surface area (Å²) in [6.07, 6.45) is 4.32. The lowest BCUT2D eigenvalue weighted by Gasteiger charge is -2.28. The van der Waals surface area contributed by atoms with Crippen LogP contribution in [0.4, 0.5) is 16.0 Å². The minimum atomic E-state index is -1.94. The van der Waals surface area contributed by atoms with Crippen molar-refractivity contribution in [3.8, 4) is 11.3 Å². The molecule has 0 aliphatic carbocycles. The van der Waals surface area contributed by atoms with E-state index in [-0.39, 0.29) is 18.8 Å². The smallest absolute Gasteiger partial charge is 0.264 e. The first-order chi connectivity index (χ1) is 15.0. The number of carbonyl (C=O) groups excluding carboxylic acids is 1. The van der Waals surface area contributed by atoms with Crippen molar-refractivity contribution in [1.29, 1.82) is 0 Å². The van der Waals surface area contributed by atoms with Crippen LogP contribution in [0.2, 0.25) is 5.02 Å². The average molecular weight is 448 g/mol. The van der Waals surface area contributed by atoms with Gasteiger partial charge in [0.25, 0.3) is 5.91 Å². The summed E-state index contributed by atoms with van der Waals surface area (Å²) in [6, 6.07) is 7.27. The Bertz CT molecular complexity index is 917. The molecule has 9 heteroatoms. The molecule has 0 bridgehead atoms. The normalized spacial score (nSPS) is 22.1. The Hall–Kier alpha value is -2.29. The van der Waals surface area contributed by atoms with Crippen molar-refractivity contribution in [2.75, 3.05) is 43.5 Å². The largest absolute Gasteiger partial charge is 0.381 e. The molecule has 1 atom stereocenters. The van der Waals surface area contributed by atoms with E-state index in [1.807, 2.05) is 18.2 Å². The molecule has 3 N–H and O–H groups in total. The number of pyridine rings is 2. The van der Waals surface area contributed by atoms with E-state index in [2.05, 4.69) is 25.9 Å². The monoisotopic (exact) mass is 447 g/mol. The van der Waals surface area contributed by atoms with E-state index >= 15 is 0 Å². The second-order valence-electron chi connectivity index (χ2n) is 8.09. The lowest BCUT2D eigenvalue weighted by molar-refractivity contribution is -0.128. The van der Waals surface area contributed by atoms with E-state index in [1.54, 1.807) is 6.07 Å². The summed E-state index contributed by atoms with van der Waals surface area (Å²) in [7, 11) is 0. The number of hydrogen-bond donors (Lipinski definition) is 3. The van der Waals surface area contributed by atoms with Gasteiger partial charge in [0.1, 0.15) is 11.6 Å². The highest BCUT2D eigenvalue weighted by Crippen LogP contribution is 2.30. The van der Waals surface area contributed by atoms with Crippen molar-refractivity contribution in [1.82, 2.24) is 15.3 Å². The van der Waals surface area contributed by atoms with Crippen LogP contribution in [0.3, 0.4) is 0 Å². The zero-order valence-corrected chi connectivity index (χ0v) is 18.1. The van der Waals surface area contributed by atoms with Crippen molar-refractivity contribution < 1.29 is 13.9 Å². The number of anilines is 2. The Kier molecular flexibility index (Phi) is 6.99. The number of halogens is 2. The molecule has 0 saturated carbocycles. The van der Waals surface area contributed by atoms with Gasteiger partial charge >= 0.3 is 0 Å². The molecular formula is C22H27ClFN5O2. The maximum Gasteiger partial charge on any atom is 0.264 e. The van der Waals surface area contributed by atoms with Gasteiger partial charge in [-0.3, -0.25) is 4.79 Å². The number of nitrogens with one attached hydrogen (secondary N) is 3. The maximum absolute atomic E-state index is 14.9. The summed E-state index contributed by atoms with van der Waals surface area (Å²) in [6.45, 7) is 3.15. The minimum absolute atomic E-state index is 0.00166. The molecule has 2 aromatic rings. The first kappa shape index (κ1) is 21.9. The van der Waals surface area contributed by atoms with Gasteiger partial charge in [0.2, 0.25) is 5.67 Å². The average Bonchev–Trinajstić information content (AvgIpc) is 2.80. The second-order valence-corrected chi connectivity index (χ2v) is 8.50. The molecule has 2 fully saturated rings. The fourth-order valence-corrected chi connectivity index (χ4v) is 4.08. The van der Waals surface area contributed by atoms with Gasteiger partial charge < -0.3 is 20.7 Å². The first-order valence-corrected chi connectivity index (χ1v) is 11.1. The molecule has 31 heavy (non-hydrogen) atoms. The van der Waals surface area contributed by atoms with Crippen LogP contribution in [0.25, 0.3) is 11.3 Å². The summed E-state index contributed by atoms with van der Waals surface area (Å²) in [5.74, 6) is 0.862. The van der Waals surface area contributed by atoms with Gasteiger partial charge in [-0.25, -0.2) is 14.4 Å². The molecule has 0 spiro atoms. The van der Waals surface area contributed by atoms with Crippen LogP contribution in [-0.2, 0) is 9.53 Å². The fraction of sp³-hybridized carbons (Fsp3) is 0.500. The summed E-state index contributed by atoms with van der Waals surface area (Å²) in [5, 5.41) is 9.31. The fourth-order valence-electron chi connectivity index (χ4n) is 3.88. The summed E-state index contributed by atoms with van der Waals surface area (Å²) < 4.78 is 20.3. The number of carbonyl (C=O) groups is 1. The summed E-state index contributed by atoms with van der Waals surface area (Å²) in [4.78, 5) is 21.3. The third-order valence-electron chi connectivity index (χ3n) is 5.77. The summed E-state index contributed by atoms with van der Waals surface area (Å²) in [5.41, 5.74) is -0.670. The molecule has 1 amide bonds. The second kappa shape index (κ2) is 9.89. The molecule has 2 aromatic heterocycles. The van der Waals surface area contributed by atoms with E-state index in [4.69, 9.17) is 16.3 Å². The topological polar surface area (TPSA) is 88.2 Å². The van der Waals surface area contributed by atoms with E-state index in [0.717, 1.165) is 38.4 Å². The van der Waals surface area contributed by atoms with E-state index in [0.29, 0.717) is 35.2 Å². The Labute approximate surface area is 186 Å². The van der Waals surface area contributed by atoms with Crippen LogP contribution >= 0.6 is 11.6 Å². The van der Waals surface area contributed by atoms with Crippen molar-refractivity contribution in [3.05, 3.63) is 35.5 Å². The van der Waals surface area contributed by atoms with Gasteiger partial charge in [-0.2, -0.15) is 0 Å². The number of amides is 1. The van der Waals surface area contributed by atoms with Gasteiger partial charge in [-0.1, -0.05) is 17.7 Å². The number of alkyl halides is 1. The molecule has 2 saturated heterocycles. The van der Waals surface area contributed by atoms with Gasteiger partial charge in [0, 0.05) is 38.1 Å². The van der Waals surface area contributed by atoms with Crippen LogP contribution in [0.1, 0.15) is 25.7 Å². The molecule has 166 valence electrons. The predicted octanol–water partition coefficient (Wildman–Crippen LogP) is 3.67. The number of ether oxygens (including phenoxy) is 1. The number of piperidine rings is 1. The molecule has 0 aromatic carbocycles. The number of rotatable bonds is 6. The minimum Gasteiger partial charge on any atom is -0.381 e.